The topological polar surface area (TPSA) is 87.7 Å². The first kappa shape index (κ1) is 21.0. The van der Waals surface area contributed by atoms with Gasteiger partial charge in [0.2, 0.25) is 5.91 Å². The molecule has 0 spiro atoms. The molecule has 1 atom stereocenters. The highest BCUT2D eigenvalue weighted by molar-refractivity contribution is 6.33. The predicted octanol–water partition coefficient (Wildman–Crippen LogP) is 5.73. The highest BCUT2D eigenvalue weighted by Gasteiger charge is 2.36. The summed E-state index contributed by atoms with van der Waals surface area (Å²) in [7, 11) is 0. The fraction of sp³-hybridized carbons (Fsp3) is 0.364. The molecule has 2 aromatic rings. The number of rotatable bonds is 4. The summed E-state index contributed by atoms with van der Waals surface area (Å²) >= 11 is 6.30. The van der Waals surface area contributed by atoms with Gasteiger partial charge in [-0.2, -0.15) is 0 Å². The molecule has 29 heavy (non-hydrogen) atoms. The summed E-state index contributed by atoms with van der Waals surface area (Å²) in [5.74, 6) is 0.0711. The van der Waals surface area contributed by atoms with Crippen LogP contribution in [0.2, 0.25) is 5.02 Å². The number of carboxylic acid groups (broad SMARTS) is 1. The molecule has 3 N–H and O–H groups in total. The van der Waals surface area contributed by atoms with E-state index in [1.54, 1.807) is 18.2 Å². The Morgan fingerprint density at radius 3 is 2.62 bits per heavy atom. The van der Waals surface area contributed by atoms with Crippen LogP contribution >= 0.6 is 11.6 Å². The Balaban J connectivity index is 1.91. The van der Waals surface area contributed by atoms with E-state index in [1.165, 1.54) is 0 Å². The molecule has 0 aromatic heterocycles. The second kappa shape index (κ2) is 7.95. The average Bonchev–Trinajstić information content (AvgIpc) is 2.61. The first-order chi connectivity index (χ1) is 13.6. The highest BCUT2D eigenvalue weighted by Crippen LogP contribution is 2.46. The van der Waals surface area contributed by atoms with E-state index < -0.39 is 6.16 Å². The first-order valence-corrected chi connectivity index (χ1v) is 9.85. The Bertz CT molecular complexity index is 956. The number of fused-ring (bicyclic) bond motifs is 1. The molecule has 0 saturated carbocycles. The smallest absolute Gasteiger partial charge is 0.449 e. The van der Waals surface area contributed by atoms with Crippen molar-refractivity contribution in [2.24, 2.45) is 11.3 Å². The van der Waals surface area contributed by atoms with Gasteiger partial charge in [0.05, 0.1) is 16.8 Å². The van der Waals surface area contributed by atoms with Crippen molar-refractivity contribution in [3.8, 4) is 5.75 Å². The molecule has 2 aromatic carbocycles. The largest absolute Gasteiger partial charge is 0.511 e. The molecule has 154 valence electrons. The lowest BCUT2D eigenvalue weighted by atomic mass is 9.73. The molecule has 6 nitrogen and oxygen atoms in total. The third kappa shape index (κ3) is 4.65. The lowest BCUT2D eigenvalue weighted by molar-refractivity contribution is -0.118. The number of amides is 1. The van der Waals surface area contributed by atoms with Crippen molar-refractivity contribution in [2.45, 2.75) is 40.2 Å². The molecule has 0 bridgehead atoms. The predicted molar refractivity (Wildman–Crippen MR) is 114 cm³/mol. The van der Waals surface area contributed by atoms with Crippen LogP contribution in [0.3, 0.4) is 0 Å². The van der Waals surface area contributed by atoms with Crippen LogP contribution in [0.4, 0.5) is 16.2 Å². The van der Waals surface area contributed by atoms with E-state index in [2.05, 4.69) is 24.5 Å². The van der Waals surface area contributed by atoms with Crippen LogP contribution in [0, 0.1) is 11.3 Å². The third-order valence-corrected chi connectivity index (χ3v) is 5.44. The molecule has 1 heterocycles. The van der Waals surface area contributed by atoms with Gasteiger partial charge in [-0.15, -0.1) is 0 Å². The zero-order chi connectivity index (χ0) is 21.3. The van der Waals surface area contributed by atoms with Crippen molar-refractivity contribution in [1.82, 2.24) is 0 Å². The van der Waals surface area contributed by atoms with Crippen molar-refractivity contribution in [1.29, 1.82) is 0 Å². The van der Waals surface area contributed by atoms with Gasteiger partial charge in [0, 0.05) is 11.6 Å². The summed E-state index contributed by atoms with van der Waals surface area (Å²) in [4.78, 5) is 22.9. The van der Waals surface area contributed by atoms with Crippen molar-refractivity contribution >= 4 is 35.0 Å². The fourth-order valence-corrected chi connectivity index (χ4v) is 3.76. The molecule has 1 unspecified atom stereocenters. The van der Waals surface area contributed by atoms with Crippen molar-refractivity contribution < 1.29 is 19.4 Å². The summed E-state index contributed by atoms with van der Waals surface area (Å²) in [5, 5.41) is 15.8. The Morgan fingerprint density at radius 1 is 1.24 bits per heavy atom. The van der Waals surface area contributed by atoms with Crippen LogP contribution in [-0.4, -0.2) is 17.2 Å². The van der Waals surface area contributed by atoms with E-state index in [0.717, 1.165) is 23.2 Å². The molecule has 3 rings (SSSR count). The van der Waals surface area contributed by atoms with Crippen molar-refractivity contribution in [3.05, 3.63) is 52.5 Å². The molecule has 0 saturated heterocycles. The van der Waals surface area contributed by atoms with Crippen LogP contribution in [0.15, 0.2) is 36.4 Å². The Morgan fingerprint density at radius 2 is 1.97 bits per heavy atom. The van der Waals surface area contributed by atoms with Gasteiger partial charge in [0.25, 0.3) is 0 Å². The number of carbonyl (C=O) groups is 2. The molecule has 1 amide bonds. The van der Waals surface area contributed by atoms with Crippen molar-refractivity contribution in [2.75, 3.05) is 10.6 Å². The fourth-order valence-electron chi connectivity index (χ4n) is 3.60. The number of halogens is 1. The van der Waals surface area contributed by atoms with E-state index in [1.807, 2.05) is 32.0 Å². The van der Waals surface area contributed by atoms with Crippen LogP contribution in [0.1, 0.15) is 44.9 Å². The van der Waals surface area contributed by atoms with Crippen LogP contribution in [0.25, 0.3) is 0 Å². The number of ether oxygens (including phenoxy) is 1. The molecular weight excluding hydrogens is 392 g/mol. The minimum atomic E-state index is -1.33. The number of nitrogens with one attached hydrogen (secondary N) is 2. The number of anilines is 2. The van der Waals surface area contributed by atoms with Gasteiger partial charge < -0.3 is 20.5 Å². The Kier molecular flexibility index (Phi) is 5.75. The SMILES string of the molecule is CC(C)C(=O)Nc1cc(C2Nc3ccc(OC(=O)O)cc3CC2(C)C)ccc1Cl. The second-order valence-corrected chi connectivity index (χ2v) is 8.72. The Labute approximate surface area is 175 Å². The van der Waals surface area contributed by atoms with E-state index in [9.17, 15) is 9.59 Å². The van der Waals surface area contributed by atoms with Crippen molar-refractivity contribution in [3.63, 3.8) is 0 Å². The number of hydrogen-bond acceptors (Lipinski definition) is 4. The van der Waals surface area contributed by atoms with Gasteiger partial charge in [-0.3, -0.25) is 4.79 Å². The van der Waals surface area contributed by atoms with Crippen LogP contribution < -0.4 is 15.4 Å². The van der Waals surface area contributed by atoms with Gasteiger partial charge >= 0.3 is 6.16 Å². The summed E-state index contributed by atoms with van der Waals surface area (Å²) < 4.78 is 4.78. The minimum absolute atomic E-state index is 0.0202. The molecule has 0 fully saturated rings. The van der Waals surface area contributed by atoms with E-state index in [-0.39, 0.29) is 23.3 Å². The molecule has 1 aliphatic heterocycles. The number of benzene rings is 2. The van der Waals surface area contributed by atoms with Gasteiger partial charge in [-0.25, -0.2) is 4.79 Å². The lowest BCUT2D eigenvalue weighted by Gasteiger charge is -2.41. The van der Waals surface area contributed by atoms with Gasteiger partial charge in [0.15, 0.2) is 0 Å². The van der Waals surface area contributed by atoms with Crippen LogP contribution in [-0.2, 0) is 11.2 Å². The van der Waals surface area contributed by atoms with Crippen LogP contribution in [0.5, 0.6) is 5.75 Å². The maximum Gasteiger partial charge on any atom is 0.511 e. The maximum absolute atomic E-state index is 12.1. The summed E-state index contributed by atoms with van der Waals surface area (Å²) in [5.41, 5.74) is 3.34. The molecular formula is C22H25ClN2O4. The van der Waals surface area contributed by atoms with E-state index >= 15 is 0 Å². The second-order valence-electron chi connectivity index (χ2n) is 8.31. The molecule has 0 radical (unpaired) electrons. The lowest BCUT2D eigenvalue weighted by Crippen LogP contribution is -2.35. The Hall–Kier alpha value is -2.73. The molecule has 7 heteroatoms. The average molecular weight is 417 g/mol. The zero-order valence-corrected chi connectivity index (χ0v) is 17.6. The summed E-state index contributed by atoms with van der Waals surface area (Å²) in [6, 6.07) is 10.9. The minimum Gasteiger partial charge on any atom is -0.449 e. The normalized spacial score (nSPS) is 17.2. The quantitative estimate of drug-likeness (QED) is 0.437. The number of carbonyl (C=O) groups excluding carboxylic acids is 1. The third-order valence-electron chi connectivity index (χ3n) is 5.12. The van der Waals surface area contributed by atoms with E-state index in [4.69, 9.17) is 21.4 Å². The summed E-state index contributed by atoms with van der Waals surface area (Å²) in [6.07, 6.45) is -0.601. The van der Waals surface area contributed by atoms with E-state index in [0.29, 0.717) is 16.5 Å². The zero-order valence-electron chi connectivity index (χ0n) is 16.9. The monoisotopic (exact) mass is 416 g/mol. The maximum atomic E-state index is 12.1. The first-order valence-electron chi connectivity index (χ1n) is 9.47. The molecule has 0 aliphatic carbocycles. The van der Waals surface area contributed by atoms with Gasteiger partial charge in [0.1, 0.15) is 5.75 Å². The highest BCUT2D eigenvalue weighted by atomic mass is 35.5. The summed E-state index contributed by atoms with van der Waals surface area (Å²) in [6.45, 7) is 7.94. The molecule has 1 aliphatic rings. The standard InChI is InChI=1S/C22H25ClN2O4/c1-12(2)20(26)25-18-10-13(5-7-16(18)23)19-22(3,4)11-14-9-15(29-21(27)28)6-8-17(14)24-19/h5-10,12,19,24H,11H2,1-4H3,(H,25,26)(H,27,28). The van der Waals surface area contributed by atoms with Gasteiger partial charge in [-0.1, -0.05) is 45.4 Å². The van der Waals surface area contributed by atoms with Gasteiger partial charge in [-0.05, 0) is 53.3 Å². The number of hydrogen-bond donors (Lipinski definition) is 3.